The highest BCUT2D eigenvalue weighted by atomic mass is 32.2. The number of hydrogen-bond acceptors (Lipinski definition) is 4. The first-order valence-corrected chi connectivity index (χ1v) is 10.6. The number of urea groups is 1. The minimum Gasteiger partial charge on any atom is -0.338 e. The predicted molar refractivity (Wildman–Crippen MR) is 112 cm³/mol. The molecule has 8 nitrogen and oxygen atoms in total. The van der Waals surface area contributed by atoms with Crippen LogP contribution in [0.1, 0.15) is 17.0 Å². The molecule has 0 atom stereocenters. The van der Waals surface area contributed by atoms with Crippen LogP contribution in [0.15, 0.2) is 59.5 Å². The third kappa shape index (κ3) is 5.01. The van der Waals surface area contributed by atoms with Crippen molar-refractivity contribution in [3.63, 3.8) is 0 Å². The highest BCUT2D eigenvalue weighted by Gasteiger charge is 2.15. The van der Waals surface area contributed by atoms with Gasteiger partial charge in [-0.05, 0) is 50.1 Å². The van der Waals surface area contributed by atoms with Crippen molar-refractivity contribution >= 4 is 21.7 Å². The van der Waals surface area contributed by atoms with Crippen LogP contribution in [0.25, 0.3) is 5.69 Å². The summed E-state index contributed by atoms with van der Waals surface area (Å²) in [6.07, 6.45) is 0.555. The van der Waals surface area contributed by atoms with Gasteiger partial charge in [0.1, 0.15) is 0 Å². The fourth-order valence-corrected chi connectivity index (χ4v) is 3.48. The molecule has 3 rings (SSSR count). The van der Waals surface area contributed by atoms with Gasteiger partial charge in [-0.2, -0.15) is 5.10 Å². The molecule has 29 heavy (non-hydrogen) atoms. The van der Waals surface area contributed by atoms with E-state index in [0.717, 1.165) is 22.6 Å². The number of benzene rings is 2. The van der Waals surface area contributed by atoms with E-state index in [4.69, 9.17) is 5.14 Å². The lowest BCUT2D eigenvalue weighted by molar-refractivity contribution is 0.252. The van der Waals surface area contributed by atoms with Crippen LogP contribution in [0.2, 0.25) is 0 Å². The third-order valence-corrected chi connectivity index (χ3v) is 5.41. The van der Waals surface area contributed by atoms with Gasteiger partial charge in [0.2, 0.25) is 10.0 Å². The highest BCUT2D eigenvalue weighted by Crippen LogP contribution is 2.22. The number of nitrogens with one attached hydrogen (secondary N) is 2. The number of para-hydroxylation sites is 1. The van der Waals surface area contributed by atoms with Crippen molar-refractivity contribution in [1.29, 1.82) is 0 Å². The number of primary sulfonamides is 1. The summed E-state index contributed by atoms with van der Waals surface area (Å²) in [5, 5.41) is 15.2. The lowest BCUT2D eigenvalue weighted by Gasteiger charge is -2.09. The number of aromatic nitrogens is 2. The first kappa shape index (κ1) is 20.6. The van der Waals surface area contributed by atoms with Gasteiger partial charge in [-0.1, -0.05) is 30.3 Å². The molecule has 2 aromatic carbocycles. The van der Waals surface area contributed by atoms with Gasteiger partial charge < -0.3 is 10.6 Å². The zero-order valence-corrected chi connectivity index (χ0v) is 17.0. The summed E-state index contributed by atoms with van der Waals surface area (Å²) in [5.41, 5.74) is 4.04. The van der Waals surface area contributed by atoms with E-state index in [-0.39, 0.29) is 10.9 Å². The summed E-state index contributed by atoms with van der Waals surface area (Å²) < 4.78 is 24.3. The number of carbonyl (C=O) groups is 1. The molecule has 152 valence electrons. The van der Waals surface area contributed by atoms with Crippen LogP contribution in [-0.2, 0) is 16.4 Å². The topological polar surface area (TPSA) is 119 Å². The Morgan fingerprint density at radius 3 is 2.34 bits per heavy atom. The van der Waals surface area contributed by atoms with Crippen molar-refractivity contribution in [3.8, 4) is 5.69 Å². The zero-order chi connectivity index (χ0) is 21.0. The molecular formula is C20H23N5O3S. The molecule has 4 N–H and O–H groups in total. The maximum absolute atomic E-state index is 12.3. The number of hydrogen-bond donors (Lipinski definition) is 3. The van der Waals surface area contributed by atoms with Gasteiger partial charge >= 0.3 is 6.03 Å². The first-order chi connectivity index (χ1) is 13.8. The Balaban J connectivity index is 1.58. The van der Waals surface area contributed by atoms with Crippen LogP contribution < -0.4 is 15.8 Å². The summed E-state index contributed by atoms with van der Waals surface area (Å²) in [6, 6.07) is 15.6. The molecule has 0 radical (unpaired) electrons. The molecular weight excluding hydrogens is 390 g/mol. The van der Waals surface area contributed by atoms with Crippen molar-refractivity contribution < 1.29 is 13.2 Å². The van der Waals surface area contributed by atoms with Gasteiger partial charge in [-0.3, -0.25) is 0 Å². The number of nitrogens with two attached hydrogens (primary N) is 1. The van der Waals surface area contributed by atoms with Crippen LogP contribution in [0.5, 0.6) is 0 Å². The largest absolute Gasteiger partial charge is 0.338 e. The number of nitrogens with zero attached hydrogens (tertiary/aromatic N) is 2. The van der Waals surface area contributed by atoms with Crippen LogP contribution >= 0.6 is 0 Å². The average Bonchev–Trinajstić information content (AvgIpc) is 2.96. The molecule has 0 saturated carbocycles. The first-order valence-electron chi connectivity index (χ1n) is 9.04. The van der Waals surface area contributed by atoms with Gasteiger partial charge in [-0.15, -0.1) is 0 Å². The van der Waals surface area contributed by atoms with Gasteiger partial charge in [0, 0.05) is 6.54 Å². The van der Waals surface area contributed by atoms with Crippen molar-refractivity contribution in [1.82, 2.24) is 15.1 Å². The third-order valence-electron chi connectivity index (χ3n) is 4.48. The Kier molecular flexibility index (Phi) is 6.00. The van der Waals surface area contributed by atoms with Gasteiger partial charge in [-0.25, -0.2) is 23.0 Å². The number of amides is 2. The van der Waals surface area contributed by atoms with E-state index in [1.54, 1.807) is 16.8 Å². The van der Waals surface area contributed by atoms with E-state index in [1.165, 1.54) is 12.1 Å². The van der Waals surface area contributed by atoms with Crippen molar-refractivity contribution in [2.75, 3.05) is 11.9 Å². The van der Waals surface area contributed by atoms with Crippen molar-refractivity contribution in [2.24, 2.45) is 5.14 Å². The molecule has 3 aromatic rings. The van der Waals surface area contributed by atoms with Crippen LogP contribution in [0.4, 0.5) is 10.5 Å². The maximum atomic E-state index is 12.3. The molecule has 0 fully saturated rings. The molecule has 1 heterocycles. The monoisotopic (exact) mass is 413 g/mol. The number of rotatable bonds is 6. The zero-order valence-electron chi connectivity index (χ0n) is 16.2. The summed E-state index contributed by atoms with van der Waals surface area (Å²) in [5.74, 6) is 0. The van der Waals surface area contributed by atoms with E-state index in [2.05, 4.69) is 15.7 Å². The van der Waals surface area contributed by atoms with Gasteiger partial charge in [0.25, 0.3) is 0 Å². The van der Waals surface area contributed by atoms with E-state index in [9.17, 15) is 13.2 Å². The Bertz CT molecular complexity index is 1110. The second-order valence-electron chi connectivity index (χ2n) is 6.61. The fraction of sp³-hybridized carbons (Fsp3) is 0.200. The van der Waals surface area contributed by atoms with Crippen molar-refractivity contribution in [3.05, 3.63) is 71.5 Å². The molecule has 0 unspecified atom stereocenters. The quantitative estimate of drug-likeness (QED) is 0.575. The number of sulfonamides is 1. The molecule has 0 aliphatic rings. The lowest BCUT2D eigenvalue weighted by Crippen LogP contribution is -2.30. The van der Waals surface area contributed by atoms with Gasteiger partial charge in [0.15, 0.2) is 0 Å². The Morgan fingerprint density at radius 2 is 1.72 bits per heavy atom. The van der Waals surface area contributed by atoms with Gasteiger partial charge in [0.05, 0.1) is 27.7 Å². The molecule has 2 amide bonds. The minimum absolute atomic E-state index is 0.0633. The molecule has 1 aromatic heterocycles. The lowest BCUT2D eigenvalue weighted by atomic mass is 10.1. The molecule has 0 aliphatic carbocycles. The van der Waals surface area contributed by atoms with Crippen LogP contribution in [0.3, 0.4) is 0 Å². The summed E-state index contributed by atoms with van der Waals surface area (Å²) >= 11 is 0. The second kappa shape index (κ2) is 8.46. The molecule has 0 bridgehead atoms. The molecule has 0 spiro atoms. The van der Waals surface area contributed by atoms with E-state index < -0.39 is 10.0 Å². The smallest absolute Gasteiger partial charge is 0.319 e. The maximum Gasteiger partial charge on any atom is 0.319 e. The van der Waals surface area contributed by atoms with Crippen molar-refractivity contribution in [2.45, 2.75) is 25.2 Å². The van der Waals surface area contributed by atoms with Crippen LogP contribution in [0, 0.1) is 13.8 Å². The second-order valence-corrected chi connectivity index (χ2v) is 8.17. The summed E-state index contributed by atoms with van der Waals surface area (Å²) in [6.45, 7) is 4.14. The summed E-state index contributed by atoms with van der Waals surface area (Å²) in [7, 11) is -3.70. The predicted octanol–water partition coefficient (Wildman–Crippen LogP) is 2.50. The highest BCUT2D eigenvalue weighted by molar-refractivity contribution is 7.89. The number of aryl methyl sites for hydroxylation is 1. The molecule has 9 heteroatoms. The Hall–Kier alpha value is -3.17. The average molecular weight is 414 g/mol. The van der Waals surface area contributed by atoms with Crippen LogP contribution in [-0.4, -0.2) is 30.8 Å². The summed E-state index contributed by atoms with van der Waals surface area (Å²) in [4.78, 5) is 12.3. The Labute approximate surface area is 169 Å². The fourth-order valence-electron chi connectivity index (χ4n) is 2.97. The van der Waals surface area contributed by atoms with E-state index >= 15 is 0 Å². The SMILES string of the molecule is Cc1nn(-c2ccccc2)c(C)c1NC(=O)NCCc1ccc(S(N)(=O)=O)cc1. The molecule has 0 saturated heterocycles. The van der Waals surface area contributed by atoms with E-state index in [0.29, 0.717) is 18.7 Å². The minimum atomic E-state index is -3.70. The standard InChI is InChI=1S/C20H23N5O3S/c1-14-19(15(2)25(24-14)17-6-4-3-5-7-17)23-20(26)22-13-12-16-8-10-18(11-9-16)29(21,27)28/h3-11H,12-13H2,1-2H3,(H2,21,27,28)(H2,22,23,26). The normalized spacial score (nSPS) is 11.3. The number of carbonyl (C=O) groups excluding carboxylic acids is 1. The van der Waals surface area contributed by atoms with E-state index in [1.807, 2.05) is 44.2 Å². The Morgan fingerprint density at radius 1 is 1.07 bits per heavy atom. The molecule has 0 aliphatic heterocycles. The number of anilines is 1.